The van der Waals surface area contributed by atoms with Gasteiger partial charge in [-0.25, -0.2) is 9.59 Å². The van der Waals surface area contributed by atoms with Crippen LogP contribution in [0.1, 0.15) is 38.9 Å². The minimum Gasteiger partial charge on any atom is -0.480 e. The van der Waals surface area contributed by atoms with Gasteiger partial charge in [0.1, 0.15) is 49.3 Å². The second-order valence-corrected chi connectivity index (χ2v) is 11.6. The first-order valence-corrected chi connectivity index (χ1v) is 16.3. The fourth-order valence-corrected chi connectivity index (χ4v) is 5.77. The van der Waals surface area contributed by atoms with Gasteiger partial charge in [0.25, 0.3) is 17.4 Å². The molecule has 5 amide bonds. The number of nitrogens with two attached hydrogens (primary N) is 2. The smallest absolute Gasteiger partial charge is 0.417 e. The molecule has 0 radical (unpaired) electrons. The van der Waals surface area contributed by atoms with E-state index in [4.69, 9.17) is 30.9 Å². The number of H-pyrrole nitrogens is 1. The average Bonchev–Trinajstić information content (AvgIpc) is 3.77. The lowest BCUT2D eigenvalue weighted by Crippen LogP contribution is -2.23. The van der Waals surface area contributed by atoms with Crippen molar-refractivity contribution in [1.29, 1.82) is 5.26 Å². The summed E-state index contributed by atoms with van der Waals surface area (Å²) in [6, 6.07) is 18.8. The number of benzene rings is 2. The number of nitrogens with zero attached hydrogens (tertiary/aromatic N) is 3. The predicted octanol–water partition coefficient (Wildman–Crippen LogP) is 4.29. The maximum Gasteiger partial charge on any atom is 0.417 e. The zero-order valence-electron chi connectivity index (χ0n) is 26.7. The van der Waals surface area contributed by atoms with Gasteiger partial charge in [-0.1, -0.05) is 36.4 Å². The molecule has 5 rings (SSSR count). The highest BCUT2D eigenvalue weighted by Crippen LogP contribution is 2.30. The van der Waals surface area contributed by atoms with Crippen LogP contribution in [0.25, 0.3) is 0 Å². The summed E-state index contributed by atoms with van der Waals surface area (Å²) < 4.78 is 25.0. The quantitative estimate of drug-likeness (QED) is 0.129. The van der Waals surface area contributed by atoms with E-state index < -0.39 is 29.6 Å². The zero-order chi connectivity index (χ0) is 37.5. The van der Waals surface area contributed by atoms with E-state index in [1.165, 1.54) is 14.0 Å². The molecule has 0 saturated carbocycles. The van der Waals surface area contributed by atoms with Crippen LogP contribution in [0.5, 0.6) is 17.4 Å². The number of methoxy groups -OCH3 is 1. The maximum absolute atomic E-state index is 11.7. The van der Waals surface area contributed by atoms with Crippen molar-refractivity contribution in [2.45, 2.75) is 13.8 Å². The molecule has 21 heteroatoms. The molecule has 5 aromatic rings. The summed E-state index contributed by atoms with van der Waals surface area (Å²) in [5.41, 5.74) is 10.4. The molecule has 3 heterocycles. The van der Waals surface area contributed by atoms with Gasteiger partial charge in [0.05, 0.1) is 12.8 Å². The van der Waals surface area contributed by atoms with Gasteiger partial charge in [-0.2, -0.15) is 14.0 Å². The average molecular weight is 754 g/mol. The number of aryl methyl sites for hydroxylation is 1. The normalized spacial score (nSPS) is 9.69. The predicted molar refractivity (Wildman–Crippen MR) is 189 cm³/mol. The van der Waals surface area contributed by atoms with Gasteiger partial charge in [0.15, 0.2) is 0 Å². The number of nitriles is 1. The summed E-state index contributed by atoms with van der Waals surface area (Å²) >= 11 is 2.80. The van der Waals surface area contributed by atoms with Crippen molar-refractivity contribution in [3.05, 3.63) is 93.4 Å². The first-order chi connectivity index (χ1) is 24.3. The number of amides is 5. The highest BCUT2D eigenvalue weighted by atomic mass is 32.1. The number of aromatic nitrogens is 3. The Morgan fingerprint density at radius 1 is 0.784 bits per heavy atom. The lowest BCUT2D eigenvalue weighted by Gasteiger charge is -2.05. The molecule has 0 unspecified atom stereocenters. The van der Waals surface area contributed by atoms with Crippen LogP contribution < -0.4 is 47.2 Å². The second kappa shape index (κ2) is 18.8. The third-order valence-corrected chi connectivity index (χ3v) is 8.05. The minimum atomic E-state index is -0.919. The van der Waals surface area contributed by atoms with Gasteiger partial charge >= 0.3 is 12.2 Å². The molecule has 0 saturated heterocycles. The Labute approximate surface area is 300 Å². The lowest BCUT2D eigenvalue weighted by molar-refractivity contribution is -0.114. The van der Waals surface area contributed by atoms with Crippen molar-refractivity contribution in [3.63, 3.8) is 0 Å². The molecule has 0 fully saturated rings. The molecule has 51 heavy (non-hydrogen) atoms. The highest BCUT2D eigenvalue weighted by molar-refractivity contribution is 7.11. The zero-order valence-corrected chi connectivity index (χ0v) is 29.1. The topological polar surface area (TPSA) is 284 Å². The van der Waals surface area contributed by atoms with Crippen LogP contribution in [0.3, 0.4) is 0 Å². The van der Waals surface area contributed by atoms with Crippen LogP contribution in [0.2, 0.25) is 0 Å². The minimum absolute atomic E-state index is 0.0162. The Bertz CT molecular complexity index is 2100. The molecule has 8 N–H and O–H groups in total. The molecule has 2 aromatic carbocycles. The van der Waals surface area contributed by atoms with Crippen molar-refractivity contribution in [2.75, 3.05) is 23.1 Å². The molecular weight excluding hydrogens is 727 g/mol. The van der Waals surface area contributed by atoms with E-state index in [1.54, 1.807) is 67.6 Å². The number of rotatable bonds is 8. The van der Waals surface area contributed by atoms with E-state index in [0.29, 0.717) is 27.8 Å². The van der Waals surface area contributed by atoms with E-state index in [0.717, 1.165) is 34.6 Å². The molecule has 0 aliphatic carbocycles. The van der Waals surface area contributed by atoms with E-state index >= 15 is 0 Å². The summed E-state index contributed by atoms with van der Waals surface area (Å²) in [6.45, 7) is 3.14. The van der Waals surface area contributed by atoms with Crippen molar-refractivity contribution < 1.29 is 38.2 Å². The van der Waals surface area contributed by atoms with Crippen LogP contribution in [0.15, 0.2) is 65.5 Å². The summed E-state index contributed by atoms with van der Waals surface area (Å²) in [5, 5.41) is 16.6. The first-order valence-electron chi connectivity index (χ1n) is 13.9. The third-order valence-electron chi connectivity index (χ3n) is 5.65. The van der Waals surface area contributed by atoms with E-state index in [-0.39, 0.29) is 32.9 Å². The number of ether oxygens (including phenoxy) is 3. The van der Waals surface area contributed by atoms with Gasteiger partial charge in [-0.3, -0.25) is 34.2 Å². The Balaban J connectivity index is 0.000000213. The van der Waals surface area contributed by atoms with Crippen LogP contribution in [-0.2, 0) is 4.79 Å². The Hall–Kier alpha value is -6.63. The molecule has 0 spiro atoms. The van der Waals surface area contributed by atoms with Crippen molar-refractivity contribution in [2.24, 2.45) is 11.5 Å². The number of hydrogen-bond acceptors (Lipinski definition) is 15. The van der Waals surface area contributed by atoms with Crippen molar-refractivity contribution in [1.82, 2.24) is 13.1 Å². The van der Waals surface area contributed by atoms with E-state index in [2.05, 4.69) is 29.1 Å². The lowest BCUT2D eigenvalue weighted by atomic mass is 10.3. The fourth-order valence-electron chi connectivity index (χ4n) is 3.51. The number of hydrogen-bond donors (Lipinski definition) is 6. The highest BCUT2D eigenvalue weighted by Gasteiger charge is 2.22. The maximum atomic E-state index is 11.7. The summed E-state index contributed by atoms with van der Waals surface area (Å²) in [7, 11) is 1.35. The molecule has 0 bridgehead atoms. The number of primary amides is 2. The number of nitrogens with one attached hydrogen (secondary N) is 4. The number of aromatic amines is 1. The summed E-state index contributed by atoms with van der Waals surface area (Å²) in [4.78, 5) is 67.6. The molecular formula is C30H27N9O9S3. The molecule has 3 aromatic heterocycles. The van der Waals surface area contributed by atoms with Crippen LogP contribution in [-0.4, -0.2) is 50.1 Å². The van der Waals surface area contributed by atoms with Gasteiger partial charge in [0.2, 0.25) is 11.8 Å². The van der Waals surface area contributed by atoms with Crippen LogP contribution in [0, 0.1) is 18.3 Å². The van der Waals surface area contributed by atoms with Gasteiger partial charge in [0, 0.05) is 6.92 Å². The SMILES string of the molecule is CC(=O)Nc1snc(C)c1C#N.COc1nsc(NC(=O)Oc2ccccc2)c1C(N)=O.NC(=O)c1c(NC(=O)Oc2ccccc2)s[nH]c1=O. The van der Waals surface area contributed by atoms with Gasteiger partial charge in [-0.05, 0) is 65.8 Å². The number of para-hydroxylation sites is 2. The molecule has 0 atom stereocenters. The van der Waals surface area contributed by atoms with Crippen molar-refractivity contribution >= 4 is 79.5 Å². The second-order valence-electron chi connectivity index (χ2n) is 9.28. The molecule has 18 nitrogen and oxygen atoms in total. The first kappa shape index (κ1) is 38.8. The van der Waals surface area contributed by atoms with Gasteiger partial charge in [-0.15, -0.1) is 0 Å². The standard InChI is InChI=1S/C12H11N3O4S.C11H9N3O4S.C7H7N3OS/c1-18-10-8(9(13)16)11(20-15-10)14-12(17)19-7-5-3-2-4-6-7;12-8(15)7-9(16)14-19-10(7)13-11(17)18-6-4-2-1-3-5-6;1-4-6(3-8)7(12-10-4)9-5(2)11/h2-6H,1H3,(H2,13,16)(H,14,17);1-5H,(H2,12,15)(H,13,17)(H,14,16);1-2H3,(H,9,11). The molecule has 264 valence electrons. The third kappa shape index (κ3) is 11.5. The summed E-state index contributed by atoms with van der Waals surface area (Å²) in [5.74, 6) is -1.07. The van der Waals surface area contributed by atoms with Gasteiger partial charge < -0.3 is 31.0 Å². The Morgan fingerprint density at radius 3 is 1.76 bits per heavy atom. The number of carbonyl (C=O) groups excluding carboxylic acids is 5. The molecule has 0 aliphatic rings. The number of anilines is 3. The Kier molecular flexibility index (Phi) is 14.3. The van der Waals surface area contributed by atoms with Crippen LogP contribution in [0.4, 0.5) is 24.6 Å². The molecule has 0 aliphatic heterocycles. The van der Waals surface area contributed by atoms with Crippen molar-refractivity contribution in [3.8, 4) is 23.4 Å². The number of carbonyl (C=O) groups is 5. The van der Waals surface area contributed by atoms with Crippen LogP contribution >= 0.6 is 34.6 Å². The fraction of sp³-hybridized carbons (Fsp3) is 0.100. The van der Waals surface area contributed by atoms with E-state index in [9.17, 15) is 28.8 Å². The largest absolute Gasteiger partial charge is 0.480 e. The summed E-state index contributed by atoms with van der Waals surface area (Å²) in [6.07, 6.45) is -1.56. The Morgan fingerprint density at radius 2 is 1.29 bits per heavy atom. The monoisotopic (exact) mass is 753 g/mol. The van der Waals surface area contributed by atoms with E-state index in [1.807, 2.05) is 6.07 Å².